The van der Waals surface area contributed by atoms with Gasteiger partial charge in [0.2, 0.25) is 0 Å². The van der Waals surface area contributed by atoms with E-state index < -0.39 is 17.8 Å². The lowest BCUT2D eigenvalue weighted by molar-refractivity contribution is -0.146. The SMILES string of the molecule is Cn1c(=O)oc2ccc(CC(O)C(=O)O)cc21. The molecule has 1 unspecified atom stereocenters. The Balaban J connectivity index is 2.40. The summed E-state index contributed by atoms with van der Waals surface area (Å²) in [5.41, 5.74) is 1.64. The number of carboxylic acid groups (broad SMARTS) is 1. The van der Waals surface area contributed by atoms with Gasteiger partial charge in [0, 0.05) is 13.5 Å². The Bertz CT molecular complexity index is 624. The van der Waals surface area contributed by atoms with Gasteiger partial charge in [0.15, 0.2) is 11.7 Å². The van der Waals surface area contributed by atoms with Gasteiger partial charge in [-0.25, -0.2) is 9.59 Å². The fourth-order valence-corrected chi connectivity index (χ4v) is 1.61. The number of aliphatic hydroxyl groups is 1. The van der Waals surface area contributed by atoms with Crippen LogP contribution in [0.1, 0.15) is 5.56 Å². The fourth-order valence-electron chi connectivity index (χ4n) is 1.61. The molecule has 0 saturated heterocycles. The molecule has 17 heavy (non-hydrogen) atoms. The largest absolute Gasteiger partial charge is 0.479 e. The van der Waals surface area contributed by atoms with Crippen molar-refractivity contribution in [2.45, 2.75) is 12.5 Å². The van der Waals surface area contributed by atoms with E-state index in [2.05, 4.69) is 0 Å². The first kappa shape index (κ1) is 11.4. The van der Waals surface area contributed by atoms with Crippen molar-refractivity contribution in [2.75, 3.05) is 0 Å². The molecule has 2 rings (SSSR count). The minimum atomic E-state index is -1.45. The third-order valence-corrected chi connectivity index (χ3v) is 2.57. The first-order valence-electron chi connectivity index (χ1n) is 4.98. The molecular weight excluding hydrogens is 226 g/mol. The number of carbonyl (C=O) groups is 1. The van der Waals surface area contributed by atoms with Gasteiger partial charge in [0.25, 0.3) is 0 Å². The van der Waals surface area contributed by atoms with Crippen LogP contribution in [0.3, 0.4) is 0 Å². The molecule has 1 aromatic heterocycles. The summed E-state index contributed by atoms with van der Waals surface area (Å²) in [5.74, 6) is -1.75. The number of fused-ring (bicyclic) bond motifs is 1. The zero-order valence-corrected chi connectivity index (χ0v) is 9.08. The third kappa shape index (κ3) is 2.07. The summed E-state index contributed by atoms with van der Waals surface area (Å²) < 4.78 is 6.26. The van der Waals surface area contributed by atoms with Gasteiger partial charge >= 0.3 is 11.7 Å². The molecule has 90 valence electrons. The molecule has 0 aliphatic carbocycles. The molecule has 0 saturated carbocycles. The number of aryl methyl sites for hydroxylation is 1. The molecule has 1 aromatic carbocycles. The van der Waals surface area contributed by atoms with Crippen molar-refractivity contribution < 1.29 is 19.4 Å². The van der Waals surface area contributed by atoms with Crippen LogP contribution in [0.15, 0.2) is 27.4 Å². The van der Waals surface area contributed by atoms with Gasteiger partial charge < -0.3 is 14.6 Å². The van der Waals surface area contributed by atoms with Crippen molar-refractivity contribution in [1.29, 1.82) is 0 Å². The molecule has 0 amide bonds. The number of nitrogens with zero attached hydrogens (tertiary/aromatic N) is 1. The summed E-state index contributed by atoms with van der Waals surface area (Å²) in [6.07, 6.45) is -1.46. The highest BCUT2D eigenvalue weighted by Gasteiger charge is 2.15. The Hall–Kier alpha value is -2.08. The fraction of sp³-hybridized carbons (Fsp3) is 0.273. The number of oxazole rings is 1. The number of rotatable bonds is 3. The molecule has 0 radical (unpaired) electrons. The van der Waals surface area contributed by atoms with Crippen LogP contribution in [0, 0.1) is 0 Å². The average molecular weight is 237 g/mol. The maximum atomic E-state index is 11.2. The Morgan fingerprint density at radius 3 is 2.88 bits per heavy atom. The van der Waals surface area contributed by atoms with E-state index in [9.17, 15) is 14.7 Å². The molecule has 0 spiro atoms. The maximum Gasteiger partial charge on any atom is 0.419 e. The number of aliphatic carboxylic acids is 1. The molecule has 1 heterocycles. The lowest BCUT2D eigenvalue weighted by Gasteiger charge is -2.05. The van der Waals surface area contributed by atoms with Crippen molar-refractivity contribution in [1.82, 2.24) is 4.57 Å². The van der Waals surface area contributed by atoms with Crippen LogP contribution >= 0.6 is 0 Å². The van der Waals surface area contributed by atoms with E-state index in [0.29, 0.717) is 16.7 Å². The van der Waals surface area contributed by atoms with Crippen LogP contribution in [-0.2, 0) is 18.3 Å². The highest BCUT2D eigenvalue weighted by Crippen LogP contribution is 2.15. The average Bonchev–Trinajstić information content (AvgIpc) is 2.55. The number of hydrogen-bond donors (Lipinski definition) is 2. The predicted molar refractivity (Wildman–Crippen MR) is 58.8 cm³/mol. The smallest absolute Gasteiger partial charge is 0.419 e. The predicted octanol–water partition coefficient (Wildman–Crippen LogP) is 0.119. The first-order valence-corrected chi connectivity index (χ1v) is 4.98. The van der Waals surface area contributed by atoms with Crippen molar-refractivity contribution >= 4 is 17.1 Å². The highest BCUT2D eigenvalue weighted by atomic mass is 16.4. The van der Waals surface area contributed by atoms with Crippen LogP contribution in [0.25, 0.3) is 11.1 Å². The van der Waals surface area contributed by atoms with Gasteiger partial charge in [0.1, 0.15) is 0 Å². The summed E-state index contributed by atoms with van der Waals surface area (Å²) >= 11 is 0. The summed E-state index contributed by atoms with van der Waals surface area (Å²) in [6, 6.07) is 4.84. The first-order chi connectivity index (χ1) is 7.99. The summed E-state index contributed by atoms with van der Waals surface area (Å²) in [5, 5.41) is 17.8. The standard InChI is InChI=1S/C11H11NO5/c1-12-7-4-6(5-8(13)10(14)15)2-3-9(7)17-11(12)16/h2-4,8,13H,5H2,1H3,(H,14,15). The molecule has 0 aliphatic rings. The van der Waals surface area contributed by atoms with E-state index in [1.165, 1.54) is 4.57 Å². The minimum absolute atomic E-state index is 0.00928. The van der Waals surface area contributed by atoms with Gasteiger partial charge in [-0.05, 0) is 17.7 Å². The topological polar surface area (TPSA) is 92.7 Å². The van der Waals surface area contributed by atoms with Crippen LogP contribution in [-0.4, -0.2) is 26.9 Å². The van der Waals surface area contributed by atoms with Gasteiger partial charge in [-0.3, -0.25) is 4.57 Å². The zero-order valence-electron chi connectivity index (χ0n) is 9.08. The van der Waals surface area contributed by atoms with Crippen molar-refractivity contribution in [3.05, 3.63) is 34.3 Å². The summed E-state index contributed by atoms with van der Waals surface area (Å²) in [7, 11) is 1.56. The number of benzene rings is 1. The van der Waals surface area contributed by atoms with Crippen molar-refractivity contribution in [3.63, 3.8) is 0 Å². The Morgan fingerprint density at radius 1 is 1.53 bits per heavy atom. The summed E-state index contributed by atoms with van der Waals surface area (Å²) in [4.78, 5) is 21.7. The molecule has 6 nitrogen and oxygen atoms in total. The van der Waals surface area contributed by atoms with Crippen molar-refractivity contribution in [2.24, 2.45) is 7.05 Å². The number of aliphatic hydroxyl groups excluding tert-OH is 1. The van der Waals surface area contributed by atoms with E-state index in [1.54, 1.807) is 25.2 Å². The van der Waals surface area contributed by atoms with Gasteiger partial charge in [-0.1, -0.05) is 6.07 Å². The summed E-state index contributed by atoms with van der Waals surface area (Å²) in [6.45, 7) is 0. The van der Waals surface area contributed by atoms with Crippen LogP contribution in [0.4, 0.5) is 0 Å². The Kier molecular flexibility index (Phi) is 2.72. The highest BCUT2D eigenvalue weighted by molar-refractivity contribution is 5.75. The zero-order chi connectivity index (χ0) is 12.6. The van der Waals surface area contributed by atoms with E-state index in [0.717, 1.165) is 0 Å². The molecule has 0 aliphatic heterocycles. The second-order valence-corrected chi connectivity index (χ2v) is 3.79. The van der Waals surface area contributed by atoms with Crippen LogP contribution < -0.4 is 5.76 Å². The molecule has 0 bridgehead atoms. The van der Waals surface area contributed by atoms with Crippen molar-refractivity contribution in [3.8, 4) is 0 Å². The lowest BCUT2D eigenvalue weighted by atomic mass is 10.1. The van der Waals surface area contributed by atoms with Gasteiger partial charge in [-0.15, -0.1) is 0 Å². The Morgan fingerprint density at radius 2 is 2.24 bits per heavy atom. The molecule has 2 N–H and O–H groups in total. The molecule has 2 aromatic rings. The number of carboxylic acids is 1. The van der Waals surface area contributed by atoms with Gasteiger partial charge in [-0.2, -0.15) is 0 Å². The number of aromatic nitrogens is 1. The van der Waals surface area contributed by atoms with E-state index in [-0.39, 0.29) is 6.42 Å². The quantitative estimate of drug-likeness (QED) is 0.790. The lowest BCUT2D eigenvalue weighted by Crippen LogP contribution is -2.21. The van der Waals surface area contributed by atoms with E-state index >= 15 is 0 Å². The third-order valence-electron chi connectivity index (χ3n) is 2.57. The van der Waals surface area contributed by atoms with Crippen LogP contribution in [0.5, 0.6) is 0 Å². The van der Waals surface area contributed by atoms with Crippen LogP contribution in [0.2, 0.25) is 0 Å². The molecular formula is C11H11NO5. The van der Waals surface area contributed by atoms with E-state index in [4.69, 9.17) is 9.52 Å². The normalized spacial score (nSPS) is 12.8. The number of hydrogen-bond acceptors (Lipinski definition) is 4. The molecule has 6 heteroatoms. The monoisotopic (exact) mass is 237 g/mol. The van der Waals surface area contributed by atoms with Gasteiger partial charge in [0.05, 0.1) is 5.52 Å². The second kappa shape index (κ2) is 4.06. The Labute approximate surface area is 95.7 Å². The molecule has 1 atom stereocenters. The molecule has 0 fully saturated rings. The maximum absolute atomic E-state index is 11.2. The second-order valence-electron chi connectivity index (χ2n) is 3.79. The minimum Gasteiger partial charge on any atom is -0.479 e. The van der Waals surface area contributed by atoms with E-state index in [1.807, 2.05) is 0 Å².